The minimum absolute atomic E-state index is 0.370. The van der Waals surface area contributed by atoms with Gasteiger partial charge in [0.05, 0.1) is 16.8 Å². The van der Waals surface area contributed by atoms with Gasteiger partial charge in [-0.15, -0.1) is 0 Å². The van der Waals surface area contributed by atoms with Crippen LogP contribution < -0.4 is 15.9 Å². The third kappa shape index (κ3) is 5.55. The summed E-state index contributed by atoms with van der Waals surface area (Å²) in [6.45, 7) is 0. The smallest absolute Gasteiger partial charge is 0.382 e. The lowest BCUT2D eigenvalue weighted by Crippen LogP contribution is -2.25. The first kappa shape index (κ1) is 24.9. The van der Waals surface area contributed by atoms with E-state index in [0.29, 0.717) is 27.2 Å². The second kappa shape index (κ2) is 9.80. The standard InChI is InChI=1S/C26H18F6NOP/c27-25(28,29)17-8-12-19(13-9-17)35(20-14-10-18(11-15-20)26(30,31)32)23-7-2-1-5-21(23)24(34)22-6-3-4-16-33-22/h1-16,24,34H/t24-/m0/s1. The van der Waals surface area contributed by atoms with E-state index in [9.17, 15) is 31.4 Å². The fourth-order valence-electron chi connectivity index (χ4n) is 3.65. The van der Waals surface area contributed by atoms with E-state index in [0.717, 1.165) is 24.3 Å². The molecule has 0 saturated carbocycles. The van der Waals surface area contributed by atoms with Crippen LogP contribution in [0.2, 0.25) is 0 Å². The summed E-state index contributed by atoms with van der Waals surface area (Å²) in [5.74, 6) is 0. The Morgan fingerprint density at radius 1 is 0.629 bits per heavy atom. The molecular weight excluding hydrogens is 487 g/mol. The molecule has 1 atom stereocenters. The fourth-order valence-corrected chi connectivity index (χ4v) is 6.08. The molecule has 9 heteroatoms. The number of halogens is 6. The average Bonchev–Trinajstić information content (AvgIpc) is 2.84. The van der Waals surface area contributed by atoms with Gasteiger partial charge in [0.15, 0.2) is 0 Å². The highest BCUT2D eigenvalue weighted by molar-refractivity contribution is 7.79. The van der Waals surface area contributed by atoms with Crippen LogP contribution in [0.3, 0.4) is 0 Å². The summed E-state index contributed by atoms with van der Waals surface area (Å²) in [5, 5.41) is 12.7. The molecule has 1 N–H and O–H groups in total. The zero-order valence-electron chi connectivity index (χ0n) is 17.9. The molecule has 0 spiro atoms. The zero-order chi connectivity index (χ0) is 25.2. The number of alkyl halides is 6. The van der Waals surface area contributed by atoms with E-state index in [4.69, 9.17) is 0 Å². The van der Waals surface area contributed by atoms with Gasteiger partial charge in [0.1, 0.15) is 6.10 Å². The predicted octanol–water partition coefficient (Wildman–Crippen LogP) is 5.96. The van der Waals surface area contributed by atoms with Gasteiger partial charge < -0.3 is 5.11 Å². The minimum atomic E-state index is -4.53. The third-order valence-corrected chi connectivity index (χ3v) is 7.86. The molecule has 2 nitrogen and oxygen atoms in total. The van der Waals surface area contributed by atoms with Crippen molar-refractivity contribution in [1.82, 2.24) is 4.98 Å². The largest absolute Gasteiger partial charge is 0.416 e. The second-order valence-electron chi connectivity index (χ2n) is 7.64. The first-order chi connectivity index (χ1) is 16.6. The molecule has 0 aliphatic carbocycles. The highest BCUT2D eigenvalue weighted by atomic mass is 31.1. The highest BCUT2D eigenvalue weighted by Crippen LogP contribution is 2.39. The molecule has 0 bridgehead atoms. The van der Waals surface area contributed by atoms with Crippen molar-refractivity contribution in [1.29, 1.82) is 0 Å². The number of benzene rings is 3. The predicted molar refractivity (Wildman–Crippen MR) is 123 cm³/mol. The SMILES string of the molecule is O[C@H](c1ccccn1)c1ccccc1P(c1ccc(C(F)(F)F)cc1)c1ccc(C(F)(F)F)cc1. The van der Waals surface area contributed by atoms with Crippen LogP contribution in [0.4, 0.5) is 26.3 Å². The molecule has 0 aliphatic heterocycles. The van der Waals surface area contributed by atoms with Gasteiger partial charge in [-0.2, -0.15) is 26.3 Å². The Morgan fingerprint density at radius 3 is 1.57 bits per heavy atom. The second-order valence-corrected chi connectivity index (χ2v) is 9.83. The average molecular weight is 505 g/mol. The van der Waals surface area contributed by atoms with Gasteiger partial charge in [-0.25, -0.2) is 0 Å². The molecule has 0 aliphatic rings. The summed E-state index contributed by atoms with van der Waals surface area (Å²) in [4.78, 5) is 4.19. The van der Waals surface area contributed by atoms with Crippen molar-refractivity contribution in [2.75, 3.05) is 0 Å². The molecular formula is C26H18F6NOP. The van der Waals surface area contributed by atoms with Crippen molar-refractivity contribution in [3.63, 3.8) is 0 Å². The third-order valence-electron chi connectivity index (χ3n) is 5.35. The molecule has 0 unspecified atom stereocenters. The van der Waals surface area contributed by atoms with Crippen LogP contribution in [-0.2, 0) is 12.4 Å². The summed E-state index contributed by atoms with van der Waals surface area (Å²) in [6, 6.07) is 21.0. The first-order valence-electron chi connectivity index (χ1n) is 10.4. The van der Waals surface area contributed by atoms with Crippen molar-refractivity contribution in [2.45, 2.75) is 18.5 Å². The quantitative estimate of drug-likeness (QED) is 0.268. The number of rotatable bonds is 5. The number of pyridine rings is 1. The molecule has 0 saturated heterocycles. The van der Waals surface area contributed by atoms with E-state index in [1.54, 1.807) is 42.5 Å². The molecule has 1 aromatic heterocycles. The topological polar surface area (TPSA) is 33.1 Å². The van der Waals surface area contributed by atoms with E-state index in [-0.39, 0.29) is 0 Å². The maximum atomic E-state index is 13.1. The van der Waals surface area contributed by atoms with Gasteiger partial charge in [0.2, 0.25) is 0 Å². The Bertz CT molecular complexity index is 1210. The lowest BCUT2D eigenvalue weighted by molar-refractivity contribution is -0.138. The number of aliphatic hydroxyl groups is 1. The molecule has 0 fully saturated rings. The van der Waals surface area contributed by atoms with Gasteiger partial charge in [0.25, 0.3) is 0 Å². The monoisotopic (exact) mass is 505 g/mol. The lowest BCUT2D eigenvalue weighted by atomic mass is 10.1. The minimum Gasteiger partial charge on any atom is -0.382 e. The Hall–Kier alpha value is -3.22. The van der Waals surface area contributed by atoms with E-state index in [1.165, 1.54) is 30.5 Å². The first-order valence-corrected chi connectivity index (χ1v) is 11.7. The maximum Gasteiger partial charge on any atom is 0.416 e. The molecule has 1 heterocycles. The van der Waals surface area contributed by atoms with Crippen LogP contribution in [0.25, 0.3) is 0 Å². The molecule has 0 amide bonds. The van der Waals surface area contributed by atoms with Crippen molar-refractivity contribution in [2.24, 2.45) is 0 Å². The van der Waals surface area contributed by atoms with Crippen molar-refractivity contribution in [3.8, 4) is 0 Å². The van der Waals surface area contributed by atoms with Gasteiger partial charge in [0, 0.05) is 6.20 Å². The maximum absolute atomic E-state index is 13.1. The normalized spacial score (nSPS) is 13.1. The van der Waals surface area contributed by atoms with Crippen molar-refractivity contribution >= 4 is 23.8 Å². The molecule has 0 radical (unpaired) electrons. The van der Waals surface area contributed by atoms with E-state index in [2.05, 4.69) is 4.98 Å². The molecule has 3 aromatic carbocycles. The van der Waals surface area contributed by atoms with Gasteiger partial charge in [-0.05, 0) is 65.8 Å². The Balaban J connectivity index is 1.86. The van der Waals surface area contributed by atoms with E-state index < -0.39 is 37.5 Å². The van der Waals surface area contributed by atoms with Gasteiger partial charge >= 0.3 is 12.4 Å². The molecule has 180 valence electrons. The summed E-state index contributed by atoms with van der Waals surface area (Å²) in [5.41, 5.74) is -0.817. The highest BCUT2D eigenvalue weighted by Gasteiger charge is 2.32. The van der Waals surface area contributed by atoms with Crippen molar-refractivity contribution in [3.05, 3.63) is 120 Å². The van der Waals surface area contributed by atoms with Crippen LogP contribution in [0.5, 0.6) is 0 Å². The van der Waals surface area contributed by atoms with E-state index >= 15 is 0 Å². The Kier molecular flexibility index (Phi) is 6.97. The van der Waals surface area contributed by atoms with Gasteiger partial charge in [-0.3, -0.25) is 4.98 Å². The van der Waals surface area contributed by atoms with Crippen LogP contribution in [0.1, 0.15) is 28.5 Å². The number of aromatic nitrogens is 1. The van der Waals surface area contributed by atoms with E-state index in [1.807, 2.05) is 0 Å². The Morgan fingerprint density at radius 2 is 1.11 bits per heavy atom. The number of hydrogen-bond donors (Lipinski definition) is 1. The molecule has 4 rings (SSSR count). The zero-order valence-corrected chi connectivity index (χ0v) is 18.8. The fraction of sp³-hybridized carbons (Fsp3) is 0.115. The summed E-state index contributed by atoms with van der Waals surface area (Å²) < 4.78 is 78.8. The number of aliphatic hydroxyl groups excluding tert-OH is 1. The number of hydrogen-bond acceptors (Lipinski definition) is 2. The summed E-state index contributed by atoms with van der Waals surface area (Å²) >= 11 is 0. The molecule has 35 heavy (non-hydrogen) atoms. The van der Waals surface area contributed by atoms with Crippen molar-refractivity contribution < 1.29 is 31.4 Å². The van der Waals surface area contributed by atoms with Crippen LogP contribution in [0.15, 0.2) is 97.2 Å². The van der Waals surface area contributed by atoms with Crippen LogP contribution >= 0.6 is 7.92 Å². The lowest BCUT2D eigenvalue weighted by Gasteiger charge is -2.25. The number of nitrogens with zero attached hydrogens (tertiary/aromatic N) is 1. The summed E-state index contributed by atoms with van der Waals surface area (Å²) in [6.07, 6.45) is -8.66. The van der Waals surface area contributed by atoms with Crippen LogP contribution in [0, 0.1) is 0 Å². The summed E-state index contributed by atoms with van der Waals surface area (Å²) in [7, 11) is -1.61. The Labute approximate surface area is 198 Å². The van der Waals surface area contributed by atoms with Gasteiger partial charge in [-0.1, -0.05) is 54.6 Å². The van der Waals surface area contributed by atoms with Crippen LogP contribution in [-0.4, -0.2) is 10.1 Å². The molecule has 4 aromatic rings.